The summed E-state index contributed by atoms with van der Waals surface area (Å²) in [4.78, 5) is 33.3. The molecule has 1 aliphatic heterocycles. The SMILES string of the molecule is O=c1c2c([nH]c3ccccc13)-c1nc3ccccc3c(=O)n1C2. The molecule has 2 aromatic carbocycles. The van der Waals surface area contributed by atoms with Gasteiger partial charge in [-0.1, -0.05) is 24.3 Å². The van der Waals surface area contributed by atoms with Gasteiger partial charge in [-0.3, -0.25) is 14.2 Å². The van der Waals surface area contributed by atoms with Crippen molar-refractivity contribution >= 4 is 21.8 Å². The van der Waals surface area contributed by atoms with Crippen LogP contribution in [0.25, 0.3) is 33.3 Å². The van der Waals surface area contributed by atoms with Crippen LogP contribution < -0.4 is 11.0 Å². The molecule has 5 nitrogen and oxygen atoms in total. The Kier molecular flexibility index (Phi) is 2.24. The van der Waals surface area contributed by atoms with E-state index in [1.54, 1.807) is 16.7 Å². The summed E-state index contributed by atoms with van der Waals surface area (Å²) in [6, 6.07) is 14.6. The van der Waals surface area contributed by atoms with Crippen LogP contribution in [-0.4, -0.2) is 14.5 Å². The fourth-order valence-corrected chi connectivity index (χ4v) is 3.28. The van der Waals surface area contributed by atoms with Crippen LogP contribution in [0.5, 0.6) is 0 Å². The highest BCUT2D eigenvalue weighted by Crippen LogP contribution is 2.27. The van der Waals surface area contributed by atoms with E-state index in [1.165, 1.54) is 0 Å². The van der Waals surface area contributed by atoms with Crippen LogP contribution >= 0.6 is 0 Å². The van der Waals surface area contributed by atoms with Gasteiger partial charge in [0, 0.05) is 16.5 Å². The molecule has 0 saturated carbocycles. The van der Waals surface area contributed by atoms with Gasteiger partial charge >= 0.3 is 0 Å². The van der Waals surface area contributed by atoms with E-state index in [9.17, 15) is 9.59 Å². The first-order chi connectivity index (χ1) is 11.2. The summed E-state index contributed by atoms with van der Waals surface area (Å²) in [5.74, 6) is 0.534. The number of aromatic amines is 1. The van der Waals surface area contributed by atoms with E-state index in [4.69, 9.17) is 0 Å². The first-order valence-electron chi connectivity index (χ1n) is 7.38. The topological polar surface area (TPSA) is 67.8 Å². The minimum Gasteiger partial charge on any atom is -0.351 e. The molecule has 0 radical (unpaired) electrons. The number of H-pyrrole nitrogens is 1. The number of hydrogen-bond acceptors (Lipinski definition) is 3. The van der Waals surface area contributed by atoms with Gasteiger partial charge in [0.25, 0.3) is 5.56 Å². The van der Waals surface area contributed by atoms with Crippen molar-refractivity contribution in [3.05, 3.63) is 74.7 Å². The first kappa shape index (κ1) is 12.3. The lowest BCUT2D eigenvalue weighted by atomic mass is 10.1. The molecule has 0 atom stereocenters. The van der Waals surface area contributed by atoms with Gasteiger partial charge in [0.1, 0.15) is 0 Å². The minimum absolute atomic E-state index is 0.0386. The Morgan fingerprint density at radius 3 is 2.57 bits per heavy atom. The van der Waals surface area contributed by atoms with Gasteiger partial charge in [0.2, 0.25) is 0 Å². The van der Waals surface area contributed by atoms with Gasteiger partial charge in [0.15, 0.2) is 11.3 Å². The van der Waals surface area contributed by atoms with Crippen molar-refractivity contribution in [1.29, 1.82) is 0 Å². The zero-order chi connectivity index (χ0) is 15.6. The molecule has 2 aromatic heterocycles. The van der Waals surface area contributed by atoms with Crippen LogP contribution in [0.2, 0.25) is 0 Å². The van der Waals surface area contributed by atoms with E-state index in [1.807, 2.05) is 36.4 Å². The number of pyridine rings is 1. The van der Waals surface area contributed by atoms with Gasteiger partial charge in [-0.2, -0.15) is 0 Å². The zero-order valence-corrected chi connectivity index (χ0v) is 12.0. The number of benzene rings is 2. The zero-order valence-electron chi connectivity index (χ0n) is 12.0. The second-order valence-corrected chi connectivity index (χ2v) is 5.70. The molecule has 3 heterocycles. The van der Waals surface area contributed by atoms with E-state index in [0.717, 1.165) is 5.52 Å². The molecule has 1 aliphatic rings. The third-order valence-electron chi connectivity index (χ3n) is 4.41. The number of para-hydroxylation sites is 2. The lowest BCUT2D eigenvalue weighted by Crippen LogP contribution is -2.21. The molecular weight excluding hydrogens is 290 g/mol. The van der Waals surface area contributed by atoms with E-state index >= 15 is 0 Å². The molecule has 110 valence electrons. The fraction of sp³-hybridized carbons (Fsp3) is 0.0556. The summed E-state index contributed by atoms with van der Waals surface area (Å²) >= 11 is 0. The van der Waals surface area contributed by atoms with Crippen molar-refractivity contribution in [1.82, 2.24) is 14.5 Å². The predicted molar refractivity (Wildman–Crippen MR) is 88.7 cm³/mol. The largest absolute Gasteiger partial charge is 0.351 e. The van der Waals surface area contributed by atoms with Crippen molar-refractivity contribution in [3.63, 3.8) is 0 Å². The highest BCUT2D eigenvalue weighted by Gasteiger charge is 2.26. The highest BCUT2D eigenvalue weighted by atomic mass is 16.1. The molecule has 4 aromatic rings. The molecule has 0 unspecified atom stereocenters. The Bertz CT molecular complexity index is 1140. The standard InChI is InChI=1S/C18H11N3O2/c22-16-10-5-1-3-7-13(10)19-15-12(16)9-21-17(15)20-14-8-4-2-6-11(14)18(21)23/h1-8H,9H2,(H,19,22). The fourth-order valence-electron chi connectivity index (χ4n) is 3.28. The molecule has 0 fully saturated rings. The maximum Gasteiger partial charge on any atom is 0.262 e. The van der Waals surface area contributed by atoms with E-state index in [0.29, 0.717) is 33.4 Å². The third kappa shape index (κ3) is 1.53. The Hall–Kier alpha value is -3.21. The molecular formula is C18H11N3O2. The van der Waals surface area contributed by atoms with E-state index < -0.39 is 0 Å². The predicted octanol–water partition coefficient (Wildman–Crippen LogP) is 2.27. The number of fused-ring (bicyclic) bond motifs is 5. The number of aromatic nitrogens is 3. The van der Waals surface area contributed by atoms with Crippen molar-refractivity contribution in [2.45, 2.75) is 6.54 Å². The summed E-state index contributed by atoms with van der Waals surface area (Å²) in [5, 5.41) is 1.21. The van der Waals surface area contributed by atoms with Crippen molar-refractivity contribution in [2.75, 3.05) is 0 Å². The van der Waals surface area contributed by atoms with Crippen molar-refractivity contribution in [2.24, 2.45) is 0 Å². The Morgan fingerprint density at radius 1 is 0.957 bits per heavy atom. The summed E-state index contributed by atoms with van der Waals surface area (Å²) in [6.45, 7) is 0.265. The molecule has 23 heavy (non-hydrogen) atoms. The monoisotopic (exact) mass is 301 g/mol. The lowest BCUT2D eigenvalue weighted by molar-refractivity contribution is 0.794. The quantitative estimate of drug-likeness (QED) is 0.477. The average molecular weight is 301 g/mol. The number of nitrogens with zero attached hydrogens (tertiary/aromatic N) is 2. The second-order valence-electron chi connectivity index (χ2n) is 5.70. The highest BCUT2D eigenvalue weighted by molar-refractivity contribution is 5.85. The molecule has 0 saturated heterocycles. The van der Waals surface area contributed by atoms with Gasteiger partial charge in [-0.05, 0) is 24.3 Å². The van der Waals surface area contributed by atoms with Crippen LogP contribution in [-0.2, 0) is 6.54 Å². The Morgan fingerprint density at radius 2 is 1.70 bits per heavy atom. The second kappa shape index (κ2) is 4.16. The summed E-state index contributed by atoms with van der Waals surface area (Å²) in [5.41, 5.74) is 2.50. The summed E-state index contributed by atoms with van der Waals surface area (Å²) in [6.07, 6.45) is 0. The van der Waals surface area contributed by atoms with E-state index in [2.05, 4.69) is 9.97 Å². The summed E-state index contributed by atoms with van der Waals surface area (Å²) < 4.78 is 1.57. The summed E-state index contributed by atoms with van der Waals surface area (Å²) in [7, 11) is 0. The van der Waals surface area contributed by atoms with Crippen LogP contribution in [0.4, 0.5) is 0 Å². The van der Waals surface area contributed by atoms with Gasteiger partial charge < -0.3 is 4.98 Å². The van der Waals surface area contributed by atoms with Crippen LogP contribution in [0.15, 0.2) is 58.1 Å². The third-order valence-corrected chi connectivity index (χ3v) is 4.41. The molecule has 0 aliphatic carbocycles. The number of hydrogen-bond donors (Lipinski definition) is 1. The molecule has 0 bridgehead atoms. The van der Waals surface area contributed by atoms with Crippen LogP contribution in [0, 0.1) is 0 Å². The Balaban J connectivity index is 1.95. The van der Waals surface area contributed by atoms with Crippen molar-refractivity contribution < 1.29 is 0 Å². The minimum atomic E-state index is -0.112. The maximum absolute atomic E-state index is 12.7. The van der Waals surface area contributed by atoms with Gasteiger partial charge in [-0.25, -0.2) is 4.98 Å². The van der Waals surface area contributed by atoms with Crippen molar-refractivity contribution in [3.8, 4) is 11.5 Å². The number of rotatable bonds is 0. The lowest BCUT2D eigenvalue weighted by Gasteiger charge is -2.05. The molecule has 5 heteroatoms. The normalized spacial score (nSPS) is 12.5. The average Bonchev–Trinajstić information content (AvgIpc) is 2.95. The smallest absolute Gasteiger partial charge is 0.262 e. The van der Waals surface area contributed by atoms with E-state index in [-0.39, 0.29) is 17.5 Å². The molecule has 0 amide bonds. The van der Waals surface area contributed by atoms with Crippen LogP contribution in [0.1, 0.15) is 5.56 Å². The molecule has 1 N–H and O–H groups in total. The molecule has 5 rings (SSSR count). The van der Waals surface area contributed by atoms with Gasteiger partial charge in [-0.15, -0.1) is 0 Å². The van der Waals surface area contributed by atoms with Crippen LogP contribution in [0.3, 0.4) is 0 Å². The first-order valence-corrected chi connectivity index (χ1v) is 7.38. The Labute approximate surface area is 129 Å². The maximum atomic E-state index is 12.7. The molecule has 0 spiro atoms. The van der Waals surface area contributed by atoms with Gasteiger partial charge in [0.05, 0.1) is 23.1 Å². The number of nitrogens with one attached hydrogen (secondary N) is 1.